The van der Waals surface area contributed by atoms with Crippen LogP contribution in [-0.4, -0.2) is 12.6 Å². The zero-order valence-corrected chi connectivity index (χ0v) is 12.3. The Balaban J connectivity index is 2.15. The average molecular weight is 262 g/mol. The molecule has 1 aromatic carbocycles. The van der Waals surface area contributed by atoms with Gasteiger partial charge in [0.2, 0.25) is 0 Å². The van der Waals surface area contributed by atoms with E-state index < -0.39 is 0 Å². The van der Waals surface area contributed by atoms with Crippen LogP contribution in [0.4, 0.5) is 0 Å². The fraction of sp³-hybridized carbons (Fsp3) is 0.625. The van der Waals surface area contributed by atoms with Crippen molar-refractivity contribution in [2.24, 2.45) is 11.3 Å². The molecule has 0 aromatic heterocycles. The Labute approximate surface area is 116 Å². The number of ether oxygens (including phenoxy) is 1. The van der Waals surface area contributed by atoms with Gasteiger partial charge in [0.15, 0.2) is 0 Å². The summed E-state index contributed by atoms with van der Waals surface area (Å²) in [5, 5.41) is 0. The van der Waals surface area contributed by atoms with Gasteiger partial charge >= 0.3 is 0 Å². The standard InChI is InChI=1S/C16H26N2O/c1-4-16(2,3)15(18-17)11-12-9-10-19-14-8-6-5-7-13(12)14/h5-8,12,15,18H,4,9-11,17H2,1-3H3. The van der Waals surface area contributed by atoms with Crippen molar-refractivity contribution in [3.63, 3.8) is 0 Å². The smallest absolute Gasteiger partial charge is 0.122 e. The van der Waals surface area contributed by atoms with E-state index in [0.29, 0.717) is 12.0 Å². The molecule has 0 saturated carbocycles. The molecule has 3 heteroatoms. The summed E-state index contributed by atoms with van der Waals surface area (Å²) in [6.07, 6.45) is 3.26. The van der Waals surface area contributed by atoms with Crippen molar-refractivity contribution in [3.05, 3.63) is 29.8 Å². The number of hydrogen-bond donors (Lipinski definition) is 2. The molecule has 3 nitrogen and oxygen atoms in total. The van der Waals surface area contributed by atoms with E-state index in [1.165, 1.54) is 5.56 Å². The second-order valence-electron chi connectivity index (χ2n) is 6.17. The molecule has 19 heavy (non-hydrogen) atoms. The van der Waals surface area contributed by atoms with E-state index in [4.69, 9.17) is 10.6 Å². The quantitative estimate of drug-likeness (QED) is 0.633. The van der Waals surface area contributed by atoms with Crippen molar-refractivity contribution >= 4 is 0 Å². The highest BCUT2D eigenvalue weighted by molar-refractivity contribution is 5.37. The first-order chi connectivity index (χ1) is 9.08. The van der Waals surface area contributed by atoms with Gasteiger partial charge in [0.25, 0.3) is 0 Å². The monoisotopic (exact) mass is 262 g/mol. The van der Waals surface area contributed by atoms with Gasteiger partial charge in [-0.3, -0.25) is 11.3 Å². The highest BCUT2D eigenvalue weighted by Crippen LogP contribution is 2.39. The maximum absolute atomic E-state index is 5.79. The summed E-state index contributed by atoms with van der Waals surface area (Å²) >= 11 is 0. The van der Waals surface area contributed by atoms with Gasteiger partial charge < -0.3 is 4.74 Å². The van der Waals surface area contributed by atoms with E-state index in [1.807, 2.05) is 6.07 Å². The maximum Gasteiger partial charge on any atom is 0.122 e. The molecule has 0 spiro atoms. The second kappa shape index (κ2) is 5.93. The Bertz CT molecular complexity index is 417. The summed E-state index contributed by atoms with van der Waals surface area (Å²) in [7, 11) is 0. The molecule has 0 bridgehead atoms. The minimum Gasteiger partial charge on any atom is -0.493 e. The number of nitrogens with one attached hydrogen (secondary N) is 1. The third kappa shape index (κ3) is 3.10. The highest BCUT2D eigenvalue weighted by atomic mass is 16.5. The molecule has 0 fully saturated rings. The molecule has 0 saturated heterocycles. The molecule has 0 aliphatic carbocycles. The number of benzene rings is 1. The number of hydrazine groups is 1. The van der Waals surface area contributed by atoms with Gasteiger partial charge in [0, 0.05) is 6.04 Å². The van der Waals surface area contributed by atoms with Gasteiger partial charge in [0.1, 0.15) is 5.75 Å². The van der Waals surface area contributed by atoms with Crippen molar-refractivity contribution < 1.29 is 4.74 Å². The predicted molar refractivity (Wildman–Crippen MR) is 79.1 cm³/mol. The molecular formula is C16H26N2O. The molecule has 1 aliphatic heterocycles. The van der Waals surface area contributed by atoms with E-state index in [-0.39, 0.29) is 5.41 Å². The van der Waals surface area contributed by atoms with Gasteiger partial charge in [-0.25, -0.2) is 0 Å². The lowest BCUT2D eigenvalue weighted by Crippen LogP contribution is -2.46. The summed E-state index contributed by atoms with van der Waals surface area (Å²) in [6.45, 7) is 7.60. The normalized spacial score (nSPS) is 20.5. The lowest BCUT2D eigenvalue weighted by atomic mass is 9.75. The molecule has 0 amide bonds. The second-order valence-corrected chi connectivity index (χ2v) is 6.17. The van der Waals surface area contributed by atoms with Crippen molar-refractivity contribution in [2.45, 2.75) is 52.0 Å². The summed E-state index contributed by atoms with van der Waals surface area (Å²) in [5.74, 6) is 7.37. The van der Waals surface area contributed by atoms with Crippen LogP contribution in [0, 0.1) is 5.41 Å². The van der Waals surface area contributed by atoms with Crippen LogP contribution >= 0.6 is 0 Å². The van der Waals surface area contributed by atoms with E-state index in [9.17, 15) is 0 Å². The predicted octanol–water partition coefficient (Wildman–Crippen LogP) is 3.21. The van der Waals surface area contributed by atoms with Crippen molar-refractivity contribution in [3.8, 4) is 5.75 Å². The first kappa shape index (κ1) is 14.4. The molecule has 2 rings (SSSR count). The number of rotatable bonds is 5. The largest absolute Gasteiger partial charge is 0.493 e. The highest BCUT2D eigenvalue weighted by Gasteiger charge is 2.31. The number of hydrogen-bond acceptors (Lipinski definition) is 3. The SMILES string of the molecule is CCC(C)(C)C(CC1CCOc2ccccc21)NN. The van der Waals surface area contributed by atoms with Gasteiger partial charge in [-0.2, -0.15) is 0 Å². The van der Waals surface area contributed by atoms with Crippen molar-refractivity contribution in [1.82, 2.24) is 5.43 Å². The fourth-order valence-corrected chi connectivity index (χ4v) is 2.80. The van der Waals surface area contributed by atoms with Crippen LogP contribution < -0.4 is 16.0 Å². The molecule has 2 unspecified atom stereocenters. The number of para-hydroxylation sites is 1. The summed E-state index contributed by atoms with van der Waals surface area (Å²) in [5.41, 5.74) is 4.58. The molecule has 2 atom stereocenters. The van der Waals surface area contributed by atoms with Crippen molar-refractivity contribution in [2.75, 3.05) is 6.61 Å². The Morgan fingerprint density at radius 2 is 2.16 bits per heavy atom. The van der Waals surface area contributed by atoms with E-state index >= 15 is 0 Å². The first-order valence-electron chi connectivity index (χ1n) is 7.26. The van der Waals surface area contributed by atoms with Crippen LogP contribution in [0.25, 0.3) is 0 Å². The van der Waals surface area contributed by atoms with E-state index in [2.05, 4.69) is 44.4 Å². The van der Waals surface area contributed by atoms with Crippen molar-refractivity contribution in [1.29, 1.82) is 0 Å². The third-order valence-corrected chi connectivity index (χ3v) is 4.66. The third-order valence-electron chi connectivity index (χ3n) is 4.66. The Hall–Kier alpha value is -1.06. The molecule has 1 aliphatic rings. The van der Waals surface area contributed by atoms with Crippen LogP contribution in [0.2, 0.25) is 0 Å². The maximum atomic E-state index is 5.79. The topological polar surface area (TPSA) is 47.3 Å². The molecule has 106 valence electrons. The summed E-state index contributed by atoms with van der Waals surface area (Å²) in [4.78, 5) is 0. The zero-order valence-electron chi connectivity index (χ0n) is 12.3. The molecule has 1 heterocycles. The fourth-order valence-electron chi connectivity index (χ4n) is 2.80. The lowest BCUT2D eigenvalue weighted by Gasteiger charge is -2.37. The minimum absolute atomic E-state index is 0.210. The van der Waals surface area contributed by atoms with Gasteiger partial charge in [-0.1, -0.05) is 39.0 Å². The lowest BCUT2D eigenvalue weighted by molar-refractivity contribution is 0.191. The van der Waals surface area contributed by atoms with Gasteiger partial charge in [0.05, 0.1) is 6.61 Å². The average Bonchev–Trinajstić information content (AvgIpc) is 2.44. The van der Waals surface area contributed by atoms with E-state index in [0.717, 1.165) is 31.6 Å². The summed E-state index contributed by atoms with van der Waals surface area (Å²) < 4.78 is 5.73. The van der Waals surface area contributed by atoms with E-state index in [1.54, 1.807) is 0 Å². The number of nitrogens with two attached hydrogens (primary N) is 1. The van der Waals surface area contributed by atoms with Crippen LogP contribution in [0.15, 0.2) is 24.3 Å². The Morgan fingerprint density at radius 1 is 1.42 bits per heavy atom. The van der Waals surface area contributed by atoms with Crippen LogP contribution in [0.1, 0.15) is 51.5 Å². The molecule has 0 radical (unpaired) electrons. The van der Waals surface area contributed by atoms with Gasteiger partial charge in [-0.15, -0.1) is 0 Å². The molecule has 3 N–H and O–H groups in total. The van der Waals surface area contributed by atoms with Crippen LogP contribution in [-0.2, 0) is 0 Å². The minimum atomic E-state index is 0.210. The van der Waals surface area contributed by atoms with Gasteiger partial charge in [-0.05, 0) is 42.2 Å². The molecular weight excluding hydrogens is 236 g/mol. The molecule has 1 aromatic rings. The van der Waals surface area contributed by atoms with Crippen LogP contribution in [0.5, 0.6) is 5.75 Å². The zero-order chi connectivity index (χ0) is 13.9. The Kier molecular flexibility index (Phi) is 4.48. The van der Waals surface area contributed by atoms with Crippen LogP contribution in [0.3, 0.4) is 0 Å². The first-order valence-corrected chi connectivity index (χ1v) is 7.26. The summed E-state index contributed by atoms with van der Waals surface area (Å²) in [6, 6.07) is 8.71. The number of fused-ring (bicyclic) bond motifs is 1. The Morgan fingerprint density at radius 3 is 2.84 bits per heavy atom.